The minimum atomic E-state index is -0.0665. The van der Waals surface area contributed by atoms with Gasteiger partial charge in [0.15, 0.2) is 0 Å². The maximum Gasteiger partial charge on any atom is 0.227 e. The zero-order valence-electron chi connectivity index (χ0n) is 13.7. The highest BCUT2D eigenvalue weighted by Gasteiger charge is 2.11. The fraction of sp³-hybridized carbons (Fsp3) is 0.278. The molecule has 0 unspecified atom stereocenters. The Labute approximate surface area is 144 Å². The number of hydrogen-bond acceptors (Lipinski definition) is 5. The Balaban J connectivity index is 1.52. The molecule has 0 aliphatic heterocycles. The summed E-state index contributed by atoms with van der Waals surface area (Å²) in [6.45, 7) is 4.28. The van der Waals surface area contributed by atoms with Crippen molar-refractivity contribution < 1.29 is 9.32 Å². The van der Waals surface area contributed by atoms with Crippen molar-refractivity contribution in [3.05, 3.63) is 53.2 Å². The number of carbonyl (C=O) groups excluding carboxylic acids is 1. The number of carbonyl (C=O) groups is 1. The number of anilines is 1. The Morgan fingerprint density at radius 1 is 1.25 bits per heavy atom. The van der Waals surface area contributed by atoms with Gasteiger partial charge in [0, 0.05) is 18.5 Å². The van der Waals surface area contributed by atoms with Crippen LogP contribution in [0.15, 0.2) is 46.3 Å². The van der Waals surface area contributed by atoms with Crippen molar-refractivity contribution in [2.24, 2.45) is 0 Å². The third-order valence-electron chi connectivity index (χ3n) is 3.64. The van der Waals surface area contributed by atoms with Crippen LogP contribution in [-0.2, 0) is 11.2 Å². The summed E-state index contributed by atoms with van der Waals surface area (Å²) >= 11 is 1.55. The minimum absolute atomic E-state index is 0.0665. The second kappa shape index (κ2) is 7.40. The van der Waals surface area contributed by atoms with Gasteiger partial charge in [0.05, 0.1) is 4.88 Å². The fourth-order valence-electron chi connectivity index (χ4n) is 2.26. The van der Waals surface area contributed by atoms with E-state index in [1.165, 1.54) is 5.56 Å². The monoisotopic (exact) mass is 341 g/mol. The van der Waals surface area contributed by atoms with E-state index in [0.29, 0.717) is 30.5 Å². The van der Waals surface area contributed by atoms with Crippen LogP contribution in [0.2, 0.25) is 0 Å². The first-order chi connectivity index (χ1) is 11.6. The maximum absolute atomic E-state index is 12.0. The minimum Gasteiger partial charge on any atom is -0.339 e. The molecule has 0 bridgehead atoms. The van der Waals surface area contributed by atoms with Crippen LogP contribution in [0, 0.1) is 0 Å². The highest BCUT2D eigenvalue weighted by molar-refractivity contribution is 7.13. The van der Waals surface area contributed by atoms with Crippen molar-refractivity contribution in [1.82, 2.24) is 10.1 Å². The van der Waals surface area contributed by atoms with Gasteiger partial charge in [-0.3, -0.25) is 4.79 Å². The lowest BCUT2D eigenvalue weighted by Gasteiger charge is -2.08. The van der Waals surface area contributed by atoms with Crippen molar-refractivity contribution in [3.8, 4) is 10.7 Å². The molecule has 3 aromatic rings. The summed E-state index contributed by atoms with van der Waals surface area (Å²) in [6, 6.07) is 11.8. The molecular formula is C18H19N3O2S. The smallest absolute Gasteiger partial charge is 0.227 e. The lowest BCUT2D eigenvalue weighted by atomic mass is 10.0. The number of amides is 1. The van der Waals surface area contributed by atoms with E-state index in [1.807, 2.05) is 41.8 Å². The molecule has 1 N–H and O–H groups in total. The Morgan fingerprint density at radius 3 is 2.71 bits per heavy atom. The van der Waals surface area contributed by atoms with Gasteiger partial charge in [-0.15, -0.1) is 11.3 Å². The summed E-state index contributed by atoms with van der Waals surface area (Å²) in [4.78, 5) is 17.3. The molecule has 1 amide bonds. The zero-order valence-corrected chi connectivity index (χ0v) is 14.5. The van der Waals surface area contributed by atoms with Crippen LogP contribution in [0.4, 0.5) is 5.69 Å². The summed E-state index contributed by atoms with van der Waals surface area (Å²) in [7, 11) is 0. The molecule has 1 aromatic carbocycles. The molecule has 0 fully saturated rings. The topological polar surface area (TPSA) is 68.0 Å². The first-order valence-corrected chi connectivity index (χ1v) is 8.76. The van der Waals surface area contributed by atoms with Crippen molar-refractivity contribution >= 4 is 22.9 Å². The third-order valence-corrected chi connectivity index (χ3v) is 4.50. The molecule has 0 radical (unpaired) electrons. The van der Waals surface area contributed by atoms with Crippen LogP contribution in [0.5, 0.6) is 0 Å². The van der Waals surface area contributed by atoms with Crippen LogP contribution < -0.4 is 5.32 Å². The third kappa shape index (κ3) is 4.08. The molecule has 3 rings (SSSR count). The average Bonchev–Trinajstić information content (AvgIpc) is 3.25. The molecule has 24 heavy (non-hydrogen) atoms. The van der Waals surface area contributed by atoms with E-state index in [4.69, 9.17) is 4.52 Å². The molecular weight excluding hydrogens is 322 g/mol. The number of aromatic nitrogens is 2. The Morgan fingerprint density at radius 2 is 2.04 bits per heavy atom. The maximum atomic E-state index is 12.0. The number of aryl methyl sites for hydroxylation is 1. The van der Waals surface area contributed by atoms with E-state index in [9.17, 15) is 4.79 Å². The molecule has 2 aromatic heterocycles. The second-order valence-corrected chi connectivity index (χ2v) is 6.76. The normalized spacial score (nSPS) is 11.0. The molecule has 0 atom stereocenters. The van der Waals surface area contributed by atoms with Gasteiger partial charge >= 0.3 is 0 Å². The molecule has 0 aliphatic rings. The van der Waals surface area contributed by atoms with Crippen molar-refractivity contribution in [1.29, 1.82) is 0 Å². The summed E-state index contributed by atoms with van der Waals surface area (Å²) in [5.41, 5.74) is 2.05. The number of nitrogens with zero attached hydrogens (tertiary/aromatic N) is 2. The zero-order chi connectivity index (χ0) is 16.9. The van der Waals surface area contributed by atoms with Crippen LogP contribution in [-0.4, -0.2) is 16.0 Å². The van der Waals surface area contributed by atoms with E-state index in [2.05, 4.69) is 29.3 Å². The summed E-state index contributed by atoms with van der Waals surface area (Å²) in [6.07, 6.45) is 0.728. The molecule has 0 saturated heterocycles. The molecule has 5 nitrogen and oxygen atoms in total. The predicted octanol–water partition coefficient (Wildman–Crippen LogP) is 4.49. The molecule has 124 valence electrons. The van der Waals surface area contributed by atoms with Crippen LogP contribution in [0.25, 0.3) is 10.7 Å². The highest BCUT2D eigenvalue weighted by atomic mass is 32.1. The van der Waals surface area contributed by atoms with Gasteiger partial charge in [-0.05, 0) is 35.1 Å². The number of rotatable bonds is 6. The van der Waals surface area contributed by atoms with Crippen LogP contribution >= 0.6 is 11.3 Å². The summed E-state index contributed by atoms with van der Waals surface area (Å²) in [5.74, 6) is 1.46. The van der Waals surface area contributed by atoms with Gasteiger partial charge in [-0.1, -0.05) is 37.2 Å². The first-order valence-electron chi connectivity index (χ1n) is 7.88. The largest absolute Gasteiger partial charge is 0.339 e. The number of benzene rings is 1. The van der Waals surface area contributed by atoms with E-state index >= 15 is 0 Å². The standard InChI is InChI=1S/C18H19N3O2S/c1-12(2)13-5-7-14(8-6-13)19-16(22)9-10-17-20-18(21-23-17)15-4-3-11-24-15/h3-8,11-12H,9-10H2,1-2H3,(H,19,22). The Bertz CT molecular complexity index is 792. The molecule has 0 spiro atoms. The van der Waals surface area contributed by atoms with Crippen molar-refractivity contribution in [2.75, 3.05) is 5.32 Å². The lowest BCUT2D eigenvalue weighted by molar-refractivity contribution is -0.116. The van der Waals surface area contributed by atoms with Crippen molar-refractivity contribution in [3.63, 3.8) is 0 Å². The van der Waals surface area contributed by atoms with Crippen molar-refractivity contribution in [2.45, 2.75) is 32.6 Å². The van der Waals surface area contributed by atoms with Gasteiger partial charge in [0.25, 0.3) is 0 Å². The summed E-state index contributed by atoms with van der Waals surface area (Å²) < 4.78 is 5.20. The predicted molar refractivity (Wildman–Crippen MR) is 95.1 cm³/mol. The molecule has 0 aliphatic carbocycles. The van der Waals surface area contributed by atoms with Gasteiger partial charge in [-0.2, -0.15) is 4.98 Å². The lowest BCUT2D eigenvalue weighted by Crippen LogP contribution is -2.12. The van der Waals surface area contributed by atoms with E-state index in [1.54, 1.807) is 11.3 Å². The van der Waals surface area contributed by atoms with Gasteiger partial charge in [0.1, 0.15) is 0 Å². The van der Waals surface area contributed by atoms with Crippen LogP contribution in [0.3, 0.4) is 0 Å². The first kappa shape index (κ1) is 16.4. The second-order valence-electron chi connectivity index (χ2n) is 5.81. The SMILES string of the molecule is CC(C)c1ccc(NC(=O)CCc2nc(-c3cccs3)no2)cc1. The Kier molecular flexibility index (Phi) is 5.05. The Hall–Kier alpha value is -2.47. The average molecular weight is 341 g/mol. The molecule has 6 heteroatoms. The van der Waals surface area contributed by atoms with E-state index < -0.39 is 0 Å². The number of hydrogen-bond donors (Lipinski definition) is 1. The van der Waals surface area contributed by atoms with Gasteiger partial charge < -0.3 is 9.84 Å². The van der Waals surface area contributed by atoms with Crippen LogP contribution in [0.1, 0.15) is 37.6 Å². The highest BCUT2D eigenvalue weighted by Crippen LogP contribution is 2.21. The number of nitrogens with one attached hydrogen (secondary N) is 1. The van der Waals surface area contributed by atoms with Gasteiger partial charge in [0.2, 0.25) is 17.6 Å². The fourth-order valence-corrected chi connectivity index (χ4v) is 2.91. The van der Waals surface area contributed by atoms with E-state index in [-0.39, 0.29) is 5.91 Å². The number of thiophene rings is 1. The molecule has 0 saturated carbocycles. The quantitative estimate of drug-likeness (QED) is 0.717. The van der Waals surface area contributed by atoms with Gasteiger partial charge in [-0.25, -0.2) is 0 Å². The molecule has 2 heterocycles. The van der Waals surface area contributed by atoms with E-state index in [0.717, 1.165) is 10.6 Å². The summed E-state index contributed by atoms with van der Waals surface area (Å²) in [5, 5.41) is 8.79.